The molecule has 1 unspecified atom stereocenters. The van der Waals surface area contributed by atoms with E-state index in [1.807, 2.05) is 0 Å². The number of nitrogens with zero attached hydrogens (tertiary/aromatic N) is 2. The molecule has 4 aliphatic rings. The van der Waals surface area contributed by atoms with E-state index in [1.54, 1.807) is 13.3 Å². The summed E-state index contributed by atoms with van der Waals surface area (Å²) >= 11 is 0. The third-order valence-electron chi connectivity index (χ3n) is 7.29. The van der Waals surface area contributed by atoms with E-state index in [1.165, 1.54) is 11.1 Å². The third kappa shape index (κ3) is 2.73. The number of aromatic nitrogens is 2. The Morgan fingerprint density at radius 1 is 1.35 bits per heavy atom. The first-order valence-electron chi connectivity index (χ1n) is 9.97. The number of rotatable bonds is 4. The van der Waals surface area contributed by atoms with E-state index < -0.39 is 0 Å². The van der Waals surface area contributed by atoms with Gasteiger partial charge in [-0.25, -0.2) is 0 Å². The highest BCUT2D eigenvalue weighted by Crippen LogP contribution is 2.61. The minimum absolute atomic E-state index is 0.210. The Hall–Kier alpha value is -1.56. The van der Waals surface area contributed by atoms with Gasteiger partial charge in [0.1, 0.15) is 5.69 Å². The van der Waals surface area contributed by atoms with Crippen molar-refractivity contribution in [3.05, 3.63) is 16.6 Å². The van der Waals surface area contributed by atoms with Crippen LogP contribution in [0.25, 0.3) is 0 Å². The topological polar surface area (TPSA) is 65.4 Å². The Labute approximate surface area is 155 Å². The van der Waals surface area contributed by atoms with Crippen LogP contribution in [-0.4, -0.2) is 29.5 Å². The zero-order valence-electron chi connectivity index (χ0n) is 16.3. The summed E-state index contributed by atoms with van der Waals surface area (Å²) in [5, 5.41) is 7.97. The van der Waals surface area contributed by atoms with Crippen LogP contribution in [0.2, 0.25) is 0 Å². The molecule has 1 aliphatic heterocycles. The fourth-order valence-corrected chi connectivity index (χ4v) is 5.41. The van der Waals surface area contributed by atoms with E-state index in [2.05, 4.69) is 31.2 Å². The molecule has 3 aliphatic carbocycles. The summed E-state index contributed by atoms with van der Waals surface area (Å²) in [7, 11) is 1.55. The molecule has 3 saturated carbocycles. The van der Waals surface area contributed by atoms with Gasteiger partial charge in [-0.15, -0.1) is 0 Å². The molecule has 6 nitrogen and oxygen atoms in total. The predicted octanol–water partition coefficient (Wildman–Crippen LogP) is 3.43. The van der Waals surface area contributed by atoms with E-state index in [4.69, 9.17) is 9.47 Å². The van der Waals surface area contributed by atoms with Crippen molar-refractivity contribution in [2.24, 2.45) is 23.2 Å². The molecular weight excluding hydrogens is 330 g/mol. The van der Waals surface area contributed by atoms with Crippen molar-refractivity contribution in [3.63, 3.8) is 0 Å². The lowest BCUT2D eigenvalue weighted by Gasteiger charge is -2.62. The van der Waals surface area contributed by atoms with Crippen LogP contribution in [-0.2, 0) is 4.74 Å². The molecule has 26 heavy (non-hydrogen) atoms. The Morgan fingerprint density at radius 2 is 2.15 bits per heavy atom. The molecule has 4 fully saturated rings. The summed E-state index contributed by atoms with van der Waals surface area (Å²) < 4.78 is 12.6. The highest BCUT2D eigenvalue weighted by atomic mass is 16.5. The van der Waals surface area contributed by atoms with Gasteiger partial charge in [-0.05, 0) is 55.3 Å². The van der Waals surface area contributed by atoms with Crippen molar-refractivity contribution in [2.75, 3.05) is 19.0 Å². The van der Waals surface area contributed by atoms with E-state index in [9.17, 15) is 4.79 Å². The molecule has 2 bridgehead atoms. The number of methoxy groups -OCH3 is 1. The fraction of sp³-hybridized carbons (Fsp3) is 0.800. The van der Waals surface area contributed by atoms with Crippen LogP contribution >= 0.6 is 0 Å². The molecule has 1 aromatic heterocycles. The zero-order valence-corrected chi connectivity index (χ0v) is 16.3. The van der Waals surface area contributed by atoms with E-state index >= 15 is 0 Å². The van der Waals surface area contributed by atoms with Gasteiger partial charge >= 0.3 is 5.56 Å². The first kappa shape index (κ1) is 17.8. The lowest BCUT2D eigenvalue weighted by Crippen LogP contribution is -2.58. The molecule has 2 heterocycles. The van der Waals surface area contributed by atoms with Gasteiger partial charge < -0.3 is 14.8 Å². The maximum Gasteiger partial charge on any atom is 0.313 e. The number of hydrogen-bond donors (Lipinski definition) is 1. The van der Waals surface area contributed by atoms with E-state index in [-0.39, 0.29) is 11.8 Å². The van der Waals surface area contributed by atoms with E-state index in [0.29, 0.717) is 35.4 Å². The van der Waals surface area contributed by atoms with Crippen molar-refractivity contribution in [1.29, 1.82) is 0 Å². The second-order valence-electron chi connectivity index (χ2n) is 8.87. The normalized spacial score (nSPS) is 35.5. The predicted molar refractivity (Wildman–Crippen MR) is 100 cm³/mol. The van der Waals surface area contributed by atoms with Crippen LogP contribution in [0.1, 0.15) is 59.1 Å². The van der Waals surface area contributed by atoms with Gasteiger partial charge in [-0.3, -0.25) is 4.79 Å². The molecule has 1 saturated heterocycles. The molecular formula is C20H31N3O3. The molecule has 5 atom stereocenters. The van der Waals surface area contributed by atoms with Gasteiger partial charge in [0.15, 0.2) is 6.23 Å². The van der Waals surface area contributed by atoms with Crippen LogP contribution in [0.4, 0.5) is 5.69 Å². The number of ether oxygens (including phenoxy) is 2. The molecule has 0 spiro atoms. The minimum atomic E-state index is -0.277. The summed E-state index contributed by atoms with van der Waals surface area (Å²) in [5.41, 5.74) is 0.945. The van der Waals surface area contributed by atoms with Crippen molar-refractivity contribution < 1.29 is 9.47 Å². The standard InChI is InChI=1S/C20H31N3O3/c1-12-14-9-13(20(14,2)3)10-15(12)22-16-11-21-23(19(24)18(16)25-4)17-7-5-6-8-26-17/h11-15,17,22H,5-10H2,1-4H3/t12-,13+,14+,15+,17?/m0/s1. The second kappa shape index (κ2) is 6.55. The van der Waals surface area contributed by atoms with Crippen molar-refractivity contribution in [2.45, 2.75) is 65.1 Å². The number of nitrogens with one attached hydrogen (secondary N) is 1. The van der Waals surface area contributed by atoms with E-state index in [0.717, 1.165) is 37.5 Å². The van der Waals surface area contributed by atoms with Crippen molar-refractivity contribution >= 4 is 5.69 Å². The Balaban J connectivity index is 1.56. The van der Waals surface area contributed by atoms with Crippen molar-refractivity contribution in [3.8, 4) is 5.75 Å². The van der Waals surface area contributed by atoms with Gasteiger partial charge in [0, 0.05) is 12.6 Å². The summed E-state index contributed by atoms with van der Waals surface area (Å²) in [6, 6.07) is 0.364. The Kier molecular flexibility index (Phi) is 4.49. The quantitative estimate of drug-likeness (QED) is 0.890. The number of hydrogen-bond acceptors (Lipinski definition) is 5. The molecule has 1 N–H and O–H groups in total. The van der Waals surface area contributed by atoms with Crippen LogP contribution in [0.15, 0.2) is 11.0 Å². The third-order valence-corrected chi connectivity index (χ3v) is 7.29. The molecule has 5 rings (SSSR count). The highest BCUT2D eigenvalue weighted by molar-refractivity contribution is 5.54. The highest BCUT2D eigenvalue weighted by Gasteiger charge is 2.56. The molecule has 6 heteroatoms. The molecule has 0 amide bonds. The van der Waals surface area contributed by atoms with Crippen LogP contribution in [0.3, 0.4) is 0 Å². The average molecular weight is 361 g/mol. The lowest BCUT2D eigenvalue weighted by molar-refractivity contribution is -0.105. The summed E-state index contributed by atoms with van der Waals surface area (Å²) in [5.74, 6) is 2.42. The summed E-state index contributed by atoms with van der Waals surface area (Å²) in [6.07, 6.45) is 6.85. The minimum Gasteiger partial charge on any atom is -0.490 e. The van der Waals surface area contributed by atoms with Gasteiger partial charge in [-0.1, -0.05) is 20.8 Å². The summed E-state index contributed by atoms with van der Waals surface area (Å²) in [4.78, 5) is 12.9. The van der Waals surface area contributed by atoms with Crippen molar-refractivity contribution in [1.82, 2.24) is 9.78 Å². The van der Waals surface area contributed by atoms with Gasteiger partial charge in [0.25, 0.3) is 0 Å². The largest absolute Gasteiger partial charge is 0.490 e. The number of fused-ring (bicyclic) bond motifs is 2. The van der Waals surface area contributed by atoms with Crippen LogP contribution in [0.5, 0.6) is 5.75 Å². The monoisotopic (exact) mass is 361 g/mol. The number of anilines is 1. The summed E-state index contributed by atoms with van der Waals surface area (Å²) in [6.45, 7) is 7.80. The van der Waals surface area contributed by atoms with Crippen LogP contribution in [0, 0.1) is 23.2 Å². The maximum absolute atomic E-state index is 12.9. The molecule has 0 aromatic carbocycles. The lowest BCUT2D eigenvalue weighted by atomic mass is 9.45. The first-order valence-corrected chi connectivity index (χ1v) is 9.97. The fourth-order valence-electron chi connectivity index (χ4n) is 5.41. The SMILES string of the molecule is COc1c(N[C@@H]2C[C@H]3C[C@H]([C@@H]2C)C3(C)C)cnn(C2CCCCO2)c1=O. The first-order chi connectivity index (χ1) is 12.4. The molecule has 1 aromatic rings. The maximum atomic E-state index is 12.9. The molecule has 0 radical (unpaired) electrons. The molecule has 144 valence electrons. The average Bonchev–Trinajstić information content (AvgIpc) is 2.64. The van der Waals surface area contributed by atoms with Crippen LogP contribution < -0.4 is 15.6 Å². The second-order valence-corrected chi connectivity index (χ2v) is 8.87. The smallest absolute Gasteiger partial charge is 0.313 e. The zero-order chi connectivity index (χ0) is 18.5. The van der Waals surface area contributed by atoms with Gasteiger partial charge in [-0.2, -0.15) is 9.78 Å². The van der Waals surface area contributed by atoms with Gasteiger partial charge in [0.2, 0.25) is 5.75 Å². The Morgan fingerprint density at radius 3 is 2.77 bits per heavy atom. The van der Waals surface area contributed by atoms with Gasteiger partial charge in [0.05, 0.1) is 13.3 Å². The Bertz CT molecular complexity index is 724.